The molecule has 1 N–H and O–H groups in total. The zero-order valence-electron chi connectivity index (χ0n) is 9.76. The van der Waals surface area contributed by atoms with E-state index in [2.05, 4.69) is 19.2 Å². The minimum Gasteiger partial charge on any atom is -0.311 e. The third kappa shape index (κ3) is 2.50. The first kappa shape index (κ1) is 10.5. The van der Waals surface area contributed by atoms with Crippen molar-refractivity contribution in [3.63, 3.8) is 0 Å². The van der Waals surface area contributed by atoms with Gasteiger partial charge in [0.15, 0.2) is 0 Å². The second-order valence-corrected chi connectivity index (χ2v) is 5.63. The van der Waals surface area contributed by atoms with Crippen LogP contribution in [0.25, 0.3) is 0 Å². The first-order chi connectivity index (χ1) is 6.75. The lowest BCUT2D eigenvalue weighted by Crippen LogP contribution is -2.47. The smallest absolute Gasteiger partial charge is 0.00747 e. The molecule has 82 valence electrons. The second-order valence-electron chi connectivity index (χ2n) is 5.63. The Labute approximate surface area is 88.7 Å². The molecule has 14 heavy (non-hydrogen) atoms. The van der Waals surface area contributed by atoms with Crippen LogP contribution in [0, 0.1) is 11.8 Å². The van der Waals surface area contributed by atoms with Gasteiger partial charge >= 0.3 is 0 Å². The molecule has 0 heterocycles. The summed E-state index contributed by atoms with van der Waals surface area (Å²) in [5.74, 6) is 1.95. The van der Waals surface area contributed by atoms with Gasteiger partial charge in [-0.1, -0.05) is 26.2 Å². The summed E-state index contributed by atoms with van der Waals surface area (Å²) in [6.07, 6.45) is 10.2. The summed E-state index contributed by atoms with van der Waals surface area (Å²) in [4.78, 5) is 0. The van der Waals surface area contributed by atoms with Gasteiger partial charge < -0.3 is 5.32 Å². The van der Waals surface area contributed by atoms with Crippen molar-refractivity contribution in [2.75, 3.05) is 0 Å². The van der Waals surface area contributed by atoms with Gasteiger partial charge in [0.1, 0.15) is 0 Å². The molecule has 0 aromatic rings. The summed E-state index contributed by atoms with van der Waals surface area (Å²) in [5, 5.41) is 3.82. The molecule has 0 radical (unpaired) electrons. The van der Waals surface area contributed by atoms with E-state index < -0.39 is 0 Å². The van der Waals surface area contributed by atoms with Gasteiger partial charge in [0.2, 0.25) is 0 Å². The van der Waals surface area contributed by atoms with Gasteiger partial charge in [0, 0.05) is 12.1 Å². The topological polar surface area (TPSA) is 12.0 Å². The van der Waals surface area contributed by atoms with Crippen LogP contribution in [0.3, 0.4) is 0 Å². The Hall–Kier alpha value is -0.0400. The molecule has 0 amide bonds. The maximum Gasteiger partial charge on any atom is 0.00747 e. The lowest BCUT2D eigenvalue weighted by molar-refractivity contribution is 0.186. The Kier molecular flexibility index (Phi) is 3.48. The largest absolute Gasteiger partial charge is 0.311 e. The molecular formula is C13H25N. The molecule has 0 saturated heterocycles. The fraction of sp³-hybridized carbons (Fsp3) is 1.00. The van der Waals surface area contributed by atoms with E-state index in [0.717, 1.165) is 23.9 Å². The van der Waals surface area contributed by atoms with Crippen molar-refractivity contribution < 1.29 is 0 Å². The van der Waals surface area contributed by atoms with Gasteiger partial charge in [-0.05, 0) is 44.4 Å². The van der Waals surface area contributed by atoms with Crippen LogP contribution in [0.15, 0.2) is 0 Å². The first-order valence-electron chi connectivity index (χ1n) is 6.51. The van der Waals surface area contributed by atoms with Crippen LogP contribution in [0.1, 0.15) is 58.8 Å². The Balaban J connectivity index is 1.69. The highest BCUT2D eigenvalue weighted by Gasteiger charge is 2.28. The molecule has 0 aromatic carbocycles. The molecule has 2 aliphatic rings. The summed E-state index contributed by atoms with van der Waals surface area (Å²) in [7, 11) is 0. The van der Waals surface area contributed by atoms with Crippen molar-refractivity contribution in [3.8, 4) is 0 Å². The van der Waals surface area contributed by atoms with Crippen LogP contribution in [0.2, 0.25) is 0 Å². The molecule has 0 unspecified atom stereocenters. The lowest BCUT2D eigenvalue weighted by atomic mass is 9.79. The van der Waals surface area contributed by atoms with Crippen molar-refractivity contribution in [3.05, 3.63) is 0 Å². The van der Waals surface area contributed by atoms with Crippen LogP contribution in [0.4, 0.5) is 0 Å². The SMILES string of the molecule is CC1CC(N[C@@H](C)C2CCCCC2)C1. The van der Waals surface area contributed by atoms with Crippen LogP contribution in [-0.2, 0) is 0 Å². The van der Waals surface area contributed by atoms with E-state index in [1.165, 1.54) is 44.9 Å². The van der Waals surface area contributed by atoms with Gasteiger partial charge in [-0.2, -0.15) is 0 Å². The Bertz CT molecular complexity index is 166. The zero-order valence-corrected chi connectivity index (χ0v) is 9.76. The van der Waals surface area contributed by atoms with Crippen LogP contribution in [-0.4, -0.2) is 12.1 Å². The van der Waals surface area contributed by atoms with E-state index in [0.29, 0.717) is 0 Å². The monoisotopic (exact) mass is 195 g/mol. The van der Waals surface area contributed by atoms with Crippen molar-refractivity contribution in [2.24, 2.45) is 11.8 Å². The predicted molar refractivity (Wildman–Crippen MR) is 61.4 cm³/mol. The summed E-state index contributed by atoms with van der Waals surface area (Å²) in [6, 6.07) is 1.62. The van der Waals surface area contributed by atoms with Gasteiger partial charge in [-0.3, -0.25) is 0 Å². The van der Waals surface area contributed by atoms with E-state index in [1.807, 2.05) is 0 Å². The molecule has 0 spiro atoms. The molecule has 1 atom stereocenters. The molecule has 2 saturated carbocycles. The highest BCUT2D eigenvalue weighted by molar-refractivity contribution is 4.86. The molecule has 1 heteroatoms. The highest BCUT2D eigenvalue weighted by atomic mass is 15.0. The molecule has 0 aromatic heterocycles. The van der Waals surface area contributed by atoms with Crippen molar-refractivity contribution >= 4 is 0 Å². The number of hydrogen-bond acceptors (Lipinski definition) is 1. The predicted octanol–water partition coefficient (Wildman–Crippen LogP) is 3.34. The molecule has 2 aliphatic carbocycles. The number of nitrogens with one attached hydrogen (secondary N) is 1. The maximum atomic E-state index is 3.82. The van der Waals surface area contributed by atoms with Crippen molar-refractivity contribution in [1.82, 2.24) is 5.32 Å². The minimum absolute atomic E-state index is 0.771. The Morgan fingerprint density at radius 1 is 1.07 bits per heavy atom. The normalized spacial score (nSPS) is 36.4. The van der Waals surface area contributed by atoms with E-state index in [-0.39, 0.29) is 0 Å². The van der Waals surface area contributed by atoms with Gasteiger partial charge in [0.05, 0.1) is 0 Å². The minimum atomic E-state index is 0.771. The molecule has 2 fully saturated rings. The molecule has 0 aliphatic heterocycles. The van der Waals surface area contributed by atoms with Gasteiger partial charge in [-0.25, -0.2) is 0 Å². The Morgan fingerprint density at radius 2 is 1.71 bits per heavy atom. The number of hydrogen-bond donors (Lipinski definition) is 1. The lowest BCUT2D eigenvalue weighted by Gasteiger charge is -2.38. The second kappa shape index (κ2) is 4.65. The fourth-order valence-corrected chi connectivity index (χ4v) is 3.18. The quantitative estimate of drug-likeness (QED) is 0.728. The average Bonchev–Trinajstić information content (AvgIpc) is 2.17. The summed E-state index contributed by atoms with van der Waals surface area (Å²) < 4.78 is 0. The third-order valence-electron chi connectivity index (χ3n) is 4.23. The molecule has 0 bridgehead atoms. The van der Waals surface area contributed by atoms with Gasteiger partial charge in [0.25, 0.3) is 0 Å². The summed E-state index contributed by atoms with van der Waals surface area (Å²) in [5.41, 5.74) is 0. The standard InChI is InChI=1S/C13H25N/c1-10-8-13(9-10)14-11(2)12-6-4-3-5-7-12/h10-14H,3-9H2,1-2H3/t10?,11-,13?/m0/s1. The average molecular weight is 195 g/mol. The van der Waals surface area contributed by atoms with E-state index in [1.54, 1.807) is 0 Å². The van der Waals surface area contributed by atoms with Crippen LogP contribution < -0.4 is 5.32 Å². The maximum absolute atomic E-state index is 3.82. The fourth-order valence-electron chi connectivity index (χ4n) is 3.18. The van der Waals surface area contributed by atoms with Crippen molar-refractivity contribution in [2.45, 2.75) is 70.9 Å². The summed E-state index contributed by atoms with van der Waals surface area (Å²) in [6.45, 7) is 4.77. The number of rotatable bonds is 3. The van der Waals surface area contributed by atoms with E-state index in [4.69, 9.17) is 0 Å². The first-order valence-corrected chi connectivity index (χ1v) is 6.51. The highest BCUT2D eigenvalue weighted by Crippen LogP contribution is 2.30. The van der Waals surface area contributed by atoms with Crippen LogP contribution in [0.5, 0.6) is 0 Å². The molecule has 2 rings (SSSR count). The van der Waals surface area contributed by atoms with Crippen LogP contribution >= 0.6 is 0 Å². The molecular weight excluding hydrogens is 170 g/mol. The summed E-state index contributed by atoms with van der Waals surface area (Å²) >= 11 is 0. The zero-order chi connectivity index (χ0) is 9.97. The van der Waals surface area contributed by atoms with E-state index in [9.17, 15) is 0 Å². The van der Waals surface area contributed by atoms with Gasteiger partial charge in [-0.15, -0.1) is 0 Å². The van der Waals surface area contributed by atoms with Crippen molar-refractivity contribution in [1.29, 1.82) is 0 Å². The third-order valence-corrected chi connectivity index (χ3v) is 4.23. The molecule has 1 nitrogen and oxygen atoms in total. The Morgan fingerprint density at radius 3 is 2.29 bits per heavy atom. The van der Waals surface area contributed by atoms with E-state index >= 15 is 0 Å².